The topological polar surface area (TPSA) is 83.5 Å². The number of nitrogens with one attached hydrogen (secondary N) is 1. The lowest BCUT2D eigenvalue weighted by Gasteiger charge is -2.18. The zero-order valence-electron chi connectivity index (χ0n) is 12.4. The van der Waals surface area contributed by atoms with Gasteiger partial charge in [-0.05, 0) is 24.6 Å². The number of benzene rings is 1. The molecular weight excluding hydrogens is 340 g/mol. The van der Waals surface area contributed by atoms with Gasteiger partial charge in [-0.15, -0.1) is 0 Å². The van der Waals surface area contributed by atoms with Gasteiger partial charge in [0.15, 0.2) is 9.84 Å². The van der Waals surface area contributed by atoms with Crippen LogP contribution >= 0.6 is 11.6 Å². The fraction of sp³-hybridized carbons (Fsp3) is 0.467. The highest BCUT2D eigenvalue weighted by Crippen LogP contribution is 2.27. The molecule has 0 bridgehead atoms. The predicted molar refractivity (Wildman–Crippen MR) is 87.1 cm³/mol. The summed E-state index contributed by atoms with van der Waals surface area (Å²) in [7, 11) is -3.04. The van der Waals surface area contributed by atoms with Gasteiger partial charge in [0.05, 0.1) is 17.4 Å². The number of amides is 2. The van der Waals surface area contributed by atoms with Gasteiger partial charge in [-0.1, -0.05) is 17.7 Å². The maximum Gasteiger partial charge on any atom is 0.227 e. The fourth-order valence-electron chi connectivity index (χ4n) is 3.00. The zero-order valence-corrected chi connectivity index (χ0v) is 13.9. The largest absolute Gasteiger partial charge is 0.352 e. The van der Waals surface area contributed by atoms with E-state index in [1.54, 1.807) is 29.2 Å². The molecule has 2 aliphatic heterocycles. The van der Waals surface area contributed by atoms with Crippen LogP contribution in [-0.2, 0) is 19.4 Å². The maximum absolute atomic E-state index is 12.3. The molecule has 23 heavy (non-hydrogen) atoms. The van der Waals surface area contributed by atoms with Crippen LogP contribution in [0.25, 0.3) is 0 Å². The van der Waals surface area contributed by atoms with Crippen molar-refractivity contribution < 1.29 is 18.0 Å². The van der Waals surface area contributed by atoms with E-state index in [1.807, 2.05) is 0 Å². The van der Waals surface area contributed by atoms with Crippen molar-refractivity contribution in [3.05, 3.63) is 29.3 Å². The van der Waals surface area contributed by atoms with E-state index in [0.29, 0.717) is 17.1 Å². The number of rotatable bonds is 3. The third kappa shape index (κ3) is 3.67. The summed E-state index contributed by atoms with van der Waals surface area (Å²) in [6.45, 7) is 0.282. The summed E-state index contributed by atoms with van der Waals surface area (Å²) >= 11 is 5.94. The van der Waals surface area contributed by atoms with Crippen LogP contribution in [0, 0.1) is 5.92 Å². The highest BCUT2D eigenvalue weighted by atomic mass is 35.5. The van der Waals surface area contributed by atoms with Gasteiger partial charge in [0.2, 0.25) is 11.8 Å². The van der Waals surface area contributed by atoms with Crippen molar-refractivity contribution in [2.75, 3.05) is 23.0 Å². The average Bonchev–Trinajstić information content (AvgIpc) is 3.01. The van der Waals surface area contributed by atoms with Gasteiger partial charge in [-0.3, -0.25) is 9.59 Å². The van der Waals surface area contributed by atoms with Gasteiger partial charge in [-0.25, -0.2) is 8.42 Å². The molecule has 0 aromatic heterocycles. The molecule has 2 atom stereocenters. The summed E-state index contributed by atoms with van der Waals surface area (Å²) in [6.07, 6.45) is 0.560. The predicted octanol–water partition coefficient (Wildman–Crippen LogP) is 0.996. The fourth-order valence-corrected chi connectivity index (χ4v) is 4.86. The molecule has 0 aliphatic carbocycles. The van der Waals surface area contributed by atoms with Crippen molar-refractivity contribution in [3.8, 4) is 0 Å². The molecule has 124 valence electrons. The quantitative estimate of drug-likeness (QED) is 0.875. The monoisotopic (exact) mass is 356 g/mol. The van der Waals surface area contributed by atoms with E-state index in [1.165, 1.54) is 0 Å². The second-order valence-corrected chi connectivity index (χ2v) is 8.66. The minimum Gasteiger partial charge on any atom is -0.352 e. The van der Waals surface area contributed by atoms with Gasteiger partial charge in [0.1, 0.15) is 0 Å². The van der Waals surface area contributed by atoms with Crippen LogP contribution in [-0.4, -0.2) is 44.3 Å². The summed E-state index contributed by atoms with van der Waals surface area (Å²) in [5.41, 5.74) is 0.668. The molecule has 0 saturated carbocycles. The summed E-state index contributed by atoms with van der Waals surface area (Å²) in [6, 6.07) is 6.58. The van der Waals surface area contributed by atoms with Gasteiger partial charge in [-0.2, -0.15) is 0 Å². The first-order valence-corrected chi connectivity index (χ1v) is 9.61. The number of hydrogen-bond acceptors (Lipinski definition) is 4. The Labute approximate surface area is 139 Å². The summed E-state index contributed by atoms with van der Waals surface area (Å²) < 4.78 is 22.9. The van der Waals surface area contributed by atoms with Crippen molar-refractivity contribution in [2.45, 2.75) is 18.9 Å². The number of carbonyl (C=O) groups excluding carboxylic acids is 2. The average molecular weight is 357 g/mol. The van der Waals surface area contributed by atoms with Crippen LogP contribution in [0.5, 0.6) is 0 Å². The van der Waals surface area contributed by atoms with E-state index in [2.05, 4.69) is 5.32 Å². The van der Waals surface area contributed by atoms with Gasteiger partial charge in [0.25, 0.3) is 0 Å². The standard InChI is InChI=1S/C15H17ClN2O4S/c16-11-2-1-3-13(7-11)18-8-10(6-14(18)19)15(20)17-12-4-5-23(21,22)9-12/h1-3,7,10,12H,4-6,8-9H2,(H,17,20). The van der Waals surface area contributed by atoms with Gasteiger partial charge in [0, 0.05) is 29.7 Å². The summed E-state index contributed by atoms with van der Waals surface area (Å²) in [5.74, 6) is -0.769. The van der Waals surface area contributed by atoms with Crippen LogP contribution < -0.4 is 10.2 Å². The molecule has 2 saturated heterocycles. The van der Waals surface area contributed by atoms with Crippen molar-refractivity contribution in [1.29, 1.82) is 0 Å². The Kier molecular flexibility index (Phi) is 4.33. The second kappa shape index (κ2) is 6.13. The SMILES string of the molecule is O=C(NC1CCS(=O)(=O)C1)C1CC(=O)N(c2cccc(Cl)c2)C1. The molecule has 1 N–H and O–H groups in total. The molecule has 0 radical (unpaired) electrons. The molecule has 2 aliphatic rings. The third-order valence-electron chi connectivity index (χ3n) is 4.19. The molecular formula is C15H17ClN2O4S. The second-order valence-electron chi connectivity index (χ2n) is 5.99. The Morgan fingerprint density at radius 3 is 2.78 bits per heavy atom. The van der Waals surface area contributed by atoms with E-state index >= 15 is 0 Å². The molecule has 3 rings (SSSR count). The van der Waals surface area contributed by atoms with E-state index in [-0.39, 0.29) is 42.3 Å². The highest BCUT2D eigenvalue weighted by molar-refractivity contribution is 7.91. The normalized spacial score (nSPS) is 26.5. The number of halogens is 1. The summed E-state index contributed by atoms with van der Waals surface area (Å²) in [5, 5.41) is 3.28. The van der Waals surface area contributed by atoms with Crippen molar-refractivity contribution >= 4 is 38.9 Å². The Balaban J connectivity index is 1.64. The van der Waals surface area contributed by atoms with E-state index in [0.717, 1.165) is 0 Å². The Morgan fingerprint density at radius 1 is 1.35 bits per heavy atom. The van der Waals surface area contributed by atoms with Crippen molar-refractivity contribution in [1.82, 2.24) is 5.32 Å². The Hall–Kier alpha value is -1.60. The lowest BCUT2D eigenvalue weighted by atomic mass is 10.1. The van der Waals surface area contributed by atoms with Crippen molar-refractivity contribution in [3.63, 3.8) is 0 Å². The Morgan fingerprint density at radius 2 is 2.13 bits per heavy atom. The number of nitrogens with zero attached hydrogens (tertiary/aromatic N) is 1. The summed E-state index contributed by atoms with van der Waals surface area (Å²) in [4.78, 5) is 26.0. The number of anilines is 1. The Bertz CT molecular complexity index is 750. The van der Waals surface area contributed by atoms with E-state index in [4.69, 9.17) is 11.6 Å². The zero-order chi connectivity index (χ0) is 16.6. The van der Waals surface area contributed by atoms with Crippen LogP contribution in [0.1, 0.15) is 12.8 Å². The molecule has 2 amide bonds. The molecule has 1 aromatic carbocycles. The van der Waals surface area contributed by atoms with Crippen molar-refractivity contribution in [2.24, 2.45) is 5.92 Å². The molecule has 8 heteroatoms. The number of carbonyl (C=O) groups is 2. The molecule has 1 aromatic rings. The van der Waals surface area contributed by atoms with Crippen LogP contribution in [0.15, 0.2) is 24.3 Å². The lowest BCUT2D eigenvalue weighted by Crippen LogP contribution is -2.40. The first kappa shape index (κ1) is 16.3. The number of hydrogen-bond donors (Lipinski definition) is 1. The minimum absolute atomic E-state index is 0.0165. The molecule has 6 nitrogen and oxygen atoms in total. The third-order valence-corrected chi connectivity index (χ3v) is 6.20. The highest BCUT2D eigenvalue weighted by Gasteiger charge is 2.37. The van der Waals surface area contributed by atoms with Gasteiger partial charge < -0.3 is 10.2 Å². The van der Waals surface area contributed by atoms with Crippen LogP contribution in [0.4, 0.5) is 5.69 Å². The smallest absolute Gasteiger partial charge is 0.227 e. The minimum atomic E-state index is -3.04. The molecule has 2 unspecified atom stereocenters. The lowest BCUT2D eigenvalue weighted by molar-refractivity contribution is -0.126. The van der Waals surface area contributed by atoms with Crippen LogP contribution in [0.2, 0.25) is 5.02 Å². The van der Waals surface area contributed by atoms with Gasteiger partial charge >= 0.3 is 0 Å². The first-order chi connectivity index (χ1) is 10.8. The molecule has 0 spiro atoms. The molecule has 2 heterocycles. The first-order valence-electron chi connectivity index (χ1n) is 7.41. The van der Waals surface area contributed by atoms with E-state index < -0.39 is 15.8 Å². The molecule has 2 fully saturated rings. The van der Waals surface area contributed by atoms with Crippen LogP contribution in [0.3, 0.4) is 0 Å². The maximum atomic E-state index is 12.3. The number of sulfone groups is 1. The van der Waals surface area contributed by atoms with E-state index in [9.17, 15) is 18.0 Å².